The van der Waals surface area contributed by atoms with Gasteiger partial charge in [-0.25, -0.2) is 13.2 Å². The Hall–Kier alpha value is -3.10. The Labute approximate surface area is 220 Å². The molecule has 0 bridgehead atoms. The highest BCUT2D eigenvalue weighted by molar-refractivity contribution is 6.18. The SMILES string of the molecule is CCC1(CC)CCN1C(=O)C1(C(=O)c2c(C)c(C(=O)Nc3ccc(F)c(C)c3)n3c2CCC3)CC(F)(F)C1. The van der Waals surface area contributed by atoms with Crippen molar-refractivity contribution in [3.63, 3.8) is 0 Å². The summed E-state index contributed by atoms with van der Waals surface area (Å²) in [5.41, 5.74) is 0.0859. The van der Waals surface area contributed by atoms with E-state index in [2.05, 4.69) is 5.32 Å². The summed E-state index contributed by atoms with van der Waals surface area (Å²) in [7, 11) is 0. The normalized spacial score (nSPS) is 20.3. The quantitative estimate of drug-likeness (QED) is 0.362. The summed E-state index contributed by atoms with van der Waals surface area (Å²) >= 11 is 0. The number of hydrogen-bond donors (Lipinski definition) is 1. The Bertz CT molecular complexity index is 1330. The fraction of sp³-hybridized carbons (Fsp3) is 0.552. The molecule has 1 N–H and O–H groups in total. The molecular weight excluding hydrogens is 495 g/mol. The zero-order valence-electron chi connectivity index (χ0n) is 22.3. The lowest BCUT2D eigenvalue weighted by Gasteiger charge is -2.57. The number of alkyl halides is 2. The van der Waals surface area contributed by atoms with E-state index in [0.717, 1.165) is 6.42 Å². The second-order valence-corrected chi connectivity index (χ2v) is 11.2. The van der Waals surface area contributed by atoms with Crippen molar-refractivity contribution in [3.8, 4) is 0 Å². The van der Waals surface area contributed by atoms with Crippen LogP contribution in [-0.4, -0.2) is 45.1 Å². The number of Topliss-reactive ketones (excluding diaryl/α,β-unsaturated/α-hetero) is 1. The molecule has 1 aliphatic carbocycles. The van der Waals surface area contributed by atoms with E-state index in [0.29, 0.717) is 61.3 Å². The fourth-order valence-corrected chi connectivity index (χ4v) is 6.81. The monoisotopic (exact) mass is 529 g/mol. The minimum Gasteiger partial charge on any atom is -0.340 e. The van der Waals surface area contributed by atoms with Gasteiger partial charge in [0.2, 0.25) is 5.91 Å². The lowest BCUT2D eigenvalue weighted by atomic mass is 9.59. The second kappa shape index (κ2) is 8.99. The molecule has 0 radical (unpaired) electrons. The summed E-state index contributed by atoms with van der Waals surface area (Å²) in [6, 6.07) is 4.25. The predicted octanol–water partition coefficient (Wildman–Crippen LogP) is 5.83. The van der Waals surface area contributed by atoms with Crippen LogP contribution < -0.4 is 5.32 Å². The van der Waals surface area contributed by atoms with Gasteiger partial charge in [0.15, 0.2) is 5.78 Å². The summed E-state index contributed by atoms with van der Waals surface area (Å²) < 4.78 is 44.3. The maximum absolute atomic E-state index is 14.4. The lowest BCUT2D eigenvalue weighted by Crippen LogP contribution is -2.69. The highest BCUT2D eigenvalue weighted by atomic mass is 19.3. The van der Waals surface area contributed by atoms with E-state index < -0.39 is 47.3 Å². The van der Waals surface area contributed by atoms with Crippen LogP contribution in [0.3, 0.4) is 0 Å². The number of likely N-dealkylation sites (tertiary alicyclic amines) is 1. The van der Waals surface area contributed by atoms with E-state index >= 15 is 0 Å². The van der Waals surface area contributed by atoms with Crippen LogP contribution in [0.2, 0.25) is 0 Å². The maximum atomic E-state index is 14.4. The van der Waals surface area contributed by atoms with Gasteiger partial charge in [-0.05, 0) is 75.3 Å². The molecule has 5 rings (SSSR count). The molecule has 2 aliphatic heterocycles. The summed E-state index contributed by atoms with van der Waals surface area (Å²) in [4.78, 5) is 43.1. The van der Waals surface area contributed by atoms with E-state index in [1.54, 1.807) is 23.3 Å². The summed E-state index contributed by atoms with van der Waals surface area (Å²) in [6.45, 7) is 8.16. The molecule has 9 heteroatoms. The molecule has 1 aromatic carbocycles. The fourth-order valence-electron chi connectivity index (χ4n) is 6.81. The van der Waals surface area contributed by atoms with Crippen molar-refractivity contribution in [1.82, 2.24) is 9.47 Å². The third-order valence-corrected chi connectivity index (χ3v) is 9.17. The zero-order chi connectivity index (χ0) is 27.6. The molecule has 204 valence electrons. The molecule has 2 fully saturated rings. The van der Waals surface area contributed by atoms with Crippen molar-refractivity contribution >= 4 is 23.3 Å². The Balaban J connectivity index is 1.52. The molecule has 3 aliphatic rings. The van der Waals surface area contributed by atoms with Crippen molar-refractivity contribution in [2.75, 3.05) is 11.9 Å². The van der Waals surface area contributed by atoms with Gasteiger partial charge in [0.05, 0.1) is 0 Å². The van der Waals surface area contributed by atoms with E-state index in [-0.39, 0.29) is 17.1 Å². The van der Waals surface area contributed by atoms with Crippen LogP contribution in [0.25, 0.3) is 0 Å². The van der Waals surface area contributed by atoms with Crippen molar-refractivity contribution in [3.05, 3.63) is 52.1 Å². The Morgan fingerprint density at radius 1 is 1.05 bits per heavy atom. The number of carbonyl (C=O) groups excluding carboxylic acids is 3. The van der Waals surface area contributed by atoms with Gasteiger partial charge < -0.3 is 14.8 Å². The number of amides is 2. The van der Waals surface area contributed by atoms with E-state index in [1.807, 2.05) is 13.8 Å². The summed E-state index contributed by atoms with van der Waals surface area (Å²) in [5, 5.41) is 2.78. The average Bonchev–Trinajstić information content (AvgIpc) is 3.38. The molecule has 1 saturated heterocycles. The molecule has 2 aromatic rings. The average molecular weight is 530 g/mol. The third-order valence-electron chi connectivity index (χ3n) is 9.17. The smallest absolute Gasteiger partial charge is 0.272 e. The van der Waals surface area contributed by atoms with E-state index in [9.17, 15) is 27.6 Å². The van der Waals surface area contributed by atoms with Gasteiger partial charge >= 0.3 is 0 Å². The first-order valence-electron chi connectivity index (χ1n) is 13.4. The molecular formula is C29H34F3N3O3. The largest absolute Gasteiger partial charge is 0.340 e. The second-order valence-electron chi connectivity index (χ2n) is 11.2. The number of nitrogens with zero attached hydrogens (tertiary/aromatic N) is 2. The van der Waals surface area contributed by atoms with Crippen molar-refractivity contribution < 1.29 is 27.6 Å². The number of benzene rings is 1. The number of nitrogens with one attached hydrogen (secondary N) is 1. The van der Waals surface area contributed by atoms with Crippen LogP contribution in [-0.2, 0) is 17.8 Å². The number of halogens is 3. The minimum absolute atomic E-state index is 0.228. The molecule has 0 unspecified atom stereocenters. The van der Waals surface area contributed by atoms with Crippen LogP contribution >= 0.6 is 0 Å². The molecule has 1 aromatic heterocycles. The van der Waals surface area contributed by atoms with Crippen LogP contribution in [0, 0.1) is 25.1 Å². The molecule has 3 heterocycles. The van der Waals surface area contributed by atoms with Crippen LogP contribution in [0.1, 0.15) is 90.0 Å². The molecule has 2 amide bonds. The number of anilines is 1. The summed E-state index contributed by atoms with van der Waals surface area (Å²) in [5.74, 6) is -5.04. The number of aryl methyl sites for hydroxylation is 1. The lowest BCUT2D eigenvalue weighted by molar-refractivity contribution is -0.188. The zero-order valence-corrected chi connectivity index (χ0v) is 22.3. The van der Waals surface area contributed by atoms with Gasteiger partial charge in [-0.15, -0.1) is 0 Å². The molecule has 1 saturated carbocycles. The highest BCUT2D eigenvalue weighted by Crippen LogP contribution is 2.57. The first-order valence-corrected chi connectivity index (χ1v) is 13.4. The number of ketones is 1. The third kappa shape index (κ3) is 3.80. The predicted molar refractivity (Wildman–Crippen MR) is 137 cm³/mol. The van der Waals surface area contributed by atoms with E-state index in [4.69, 9.17) is 0 Å². The number of carbonyl (C=O) groups is 3. The standard InChI is InChI=1S/C29H34F3N3O3/c1-5-27(6-2)11-13-35(27)26(38)28(15-29(31,32)16-28)24(36)22-18(4)23(34-12-7-8-21(22)34)25(37)33-19-9-10-20(30)17(3)14-19/h9-10,14H,5-8,11-13,15-16H2,1-4H3,(H,33,37). The molecule has 6 nitrogen and oxygen atoms in total. The van der Waals surface area contributed by atoms with Crippen molar-refractivity contribution in [1.29, 1.82) is 0 Å². The molecule has 0 atom stereocenters. The van der Waals surface area contributed by atoms with Crippen LogP contribution in [0.15, 0.2) is 18.2 Å². The van der Waals surface area contributed by atoms with Crippen molar-refractivity contribution in [2.45, 2.75) is 90.6 Å². The van der Waals surface area contributed by atoms with Gasteiger partial charge in [-0.1, -0.05) is 13.8 Å². The van der Waals surface area contributed by atoms with Gasteiger partial charge in [-0.2, -0.15) is 0 Å². The number of hydrogen-bond acceptors (Lipinski definition) is 3. The highest BCUT2D eigenvalue weighted by Gasteiger charge is 2.68. The first-order chi connectivity index (χ1) is 17.9. The Morgan fingerprint density at radius 3 is 2.29 bits per heavy atom. The molecule has 38 heavy (non-hydrogen) atoms. The Kier molecular flexibility index (Phi) is 6.27. The van der Waals surface area contributed by atoms with E-state index in [1.165, 1.54) is 18.2 Å². The van der Waals surface area contributed by atoms with Gasteiger partial charge in [0.1, 0.15) is 16.9 Å². The van der Waals surface area contributed by atoms with Gasteiger partial charge in [0.25, 0.3) is 11.8 Å². The Morgan fingerprint density at radius 2 is 1.74 bits per heavy atom. The van der Waals surface area contributed by atoms with Gasteiger partial charge in [-0.3, -0.25) is 14.4 Å². The minimum atomic E-state index is -3.09. The van der Waals surface area contributed by atoms with Crippen LogP contribution in [0.5, 0.6) is 0 Å². The van der Waals surface area contributed by atoms with Crippen molar-refractivity contribution in [2.24, 2.45) is 5.41 Å². The first kappa shape index (κ1) is 26.5. The topological polar surface area (TPSA) is 71.4 Å². The number of fused-ring (bicyclic) bond motifs is 1. The maximum Gasteiger partial charge on any atom is 0.272 e. The van der Waals surface area contributed by atoms with Crippen LogP contribution in [0.4, 0.5) is 18.9 Å². The number of aromatic nitrogens is 1. The number of rotatable bonds is 7. The van der Waals surface area contributed by atoms with Gasteiger partial charge in [0, 0.05) is 48.4 Å². The summed E-state index contributed by atoms with van der Waals surface area (Å²) in [6.07, 6.45) is 1.79. The molecule has 0 spiro atoms.